The van der Waals surface area contributed by atoms with Crippen LogP contribution in [0.2, 0.25) is 58.9 Å². The fourth-order valence-corrected chi connectivity index (χ4v) is 170. The van der Waals surface area contributed by atoms with Crippen molar-refractivity contribution in [2.24, 2.45) is 0 Å². The van der Waals surface area contributed by atoms with Crippen LogP contribution < -0.4 is 13.3 Å². The third kappa shape index (κ3) is 4.00. The molecular weight excluding hydrogens is 635 g/mol. The summed E-state index contributed by atoms with van der Waals surface area (Å²) in [5.41, 5.74) is 11.6. The van der Waals surface area contributed by atoms with Gasteiger partial charge in [-0.05, 0) is 0 Å². The Labute approximate surface area is 276 Å². The monoisotopic (exact) mass is 691 g/mol. The number of fused-ring (bicyclic) bond motifs is 3. The van der Waals surface area contributed by atoms with E-state index in [9.17, 15) is 0 Å². The van der Waals surface area contributed by atoms with E-state index < -0.39 is 36.7 Å². The van der Waals surface area contributed by atoms with Crippen LogP contribution in [-0.4, -0.2) is 40.8 Å². The Morgan fingerprint density at radius 3 is 0.978 bits per heavy atom. The van der Waals surface area contributed by atoms with Crippen molar-refractivity contribution in [1.82, 2.24) is 0 Å². The van der Waals surface area contributed by atoms with E-state index >= 15 is 0 Å². The first kappa shape index (κ1) is 33.0. The number of rotatable bonds is 4. The van der Waals surface area contributed by atoms with Crippen molar-refractivity contribution < 1.29 is 17.4 Å². The second-order valence-electron chi connectivity index (χ2n) is 18.1. The standard InChI is InChI=1S/C36H57NO3Si5/c1-25-16-28(4)34-31(19-25)22-37-23-32-20-26(2)17-29(5)35(32)39-45(37,38-34,40-36-30(6)18-27(3)21-33(36)24-37)44(41(7,8)9,42(10,11)12)43(13,14)15/h16-21H,22-24H2,1-15H3. The van der Waals surface area contributed by atoms with E-state index in [0.717, 1.165) is 41.0 Å². The van der Waals surface area contributed by atoms with Gasteiger partial charge in [-0.15, -0.1) is 0 Å². The normalized spacial score (nSPS) is 22.5. The van der Waals surface area contributed by atoms with Crippen LogP contribution in [0.4, 0.5) is 0 Å². The summed E-state index contributed by atoms with van der Waals surface area (Å²) >= 11 is 0. The average molecular weight is 692 g/mol. The molecule has 0 saturated carbocycles. The van der Waals surface area contributed by atoms with E-state index in [-0.39, 0.29) is 0 Å². The summed E-state index contributed by atoms with van der Waals surface area (Å²) < 4.78 is 25.9. The van der Waals surface area contributed by atoms with E-state index in [1.807, 2.05) is 0 Å². The first-order valence-corrected chi connectivity index (χ1v) is 35.6. The van der Waals surface area contributed by atoms with Gasteiger partial charge >= 0.3 is 278 Å². The molecule has 3 heterocycles. The molecule has 0 N–H and O–H groups in total. The molecule has 3 aliphatic rings. The van der Waals surface area contributed by atoms with E-state index in [1.54, 1.807) is 0 Å². The molecule has 4 nitrogen and oxygen atoms in total. The van der Waals surface area contributed by atoms with E-state index in [2.05, 4.69) is 137 Å². The number of nitrogens with zero attached hydrogens (tertiary/aromatic N) is 1. The summed E-state index contributed by atoms with van der Waals surface area (Å²) in [4.78, 5) is 0. The molecule has 0 spiro atoms. The Morgan fingerprint density at radius 2 is 0.733 bits per heavy atom. The molecule has 45 heavy (non-hydrogen) atoms. The number of hydrogen-bond acceptors (Lipinski definition) is 3. The predicted octanol–water partition coefficient (Wildman–Crippen LogP) is 9.60. The quantitative estimate of drug-likeness (QED) is 0.255. The summed E-state index contributed by atoms with van der Waals surface area (Å²) in [6, 6.07) is 14.2. The molecule has 0 saturated heterocycles. The van der Waals surface area contributed by atoms with Crippen molar-refractivity contribution in [3.8, 4) is 17.2 Å². The van der Waals surface area contributed by atoms with Gasteiger partial charge < -0.3 is 0 Å². The third-order valence-corrected chi connectivity index (χ3v) is 122. The number of hydrogen-bond donors (Lipinski definition) is 0. The number of aryl methyl sites for hydroxylation is 6. The van der Waals surface area contributed by atoms with Crippen molar-refractivity contribution in [3.05, 3.63) is 86.5 Å². The van der Waals surface area contributed by atoms with E-state index in [0.29, 0.717) is 0 Å². The van der Waals surface area contributed by atoms with Gasteiger partial charge in [0, 0.05) is 0 Å². The maximum absolute atomic E-state index is 8.37. The predicted molar refractivity (Wildman–Crippen MR) is 203 cm³/mol. The SMILES string of the molecule is Cc1cc(C)c2c(c1)C[N+]13Cc4cc(C)cc(C)c4O[Si-]1([Si]([Si](C)(C)C)([Si](C)(C)C)[Si](C)(C)C)(O2)Oc1c(C)cc(C)cc1C3. The molecule has 3 aromatic carbocycles. The molecule has 0 amide bonds. The number of quaternary nitrogens is 1. The Kier molecular flexibility index (Phi) is 7.04. The van der Waals surface area contributed by atoms with Gasteiger partial charge in [0.1, 0.15) is 0 Å². The minimum absolute atomic E-state index is 0.784. The molecule has 3 aliphatic heterocycles. The topological polar surface area (TPSA) is 27.7 Å². The molecule has 0 aliphatic carbocycles. The number of benzene rings is 3. The molecular formula is C36H57NO3Si5. The zero-order chi connectivity index (χ0) is 33.4. The van der Waals surface area contributed by atoms with Crippen LogP contribution >= 0.6 is 0 Å². The van der Waals surface area contributed by atoms with Crippen LogP contribution in [0.25, 0.3) is 0 Å². The van der Waals surface area contributed by atoms with Crippen molar-refractivity contribution in [2.75, 3.05) is 0 Å². The molecule has 9 heteroatoms. The molecule has 0 atom stereocenters. The molecule has 0 fully saturated rings. The first-order chi connectivity index (χ1) is 20.5. The molecule has 244 valence electrons. The Hall–Kier alpha value is -1.90. The fourth-order valence-electron chi connectivity index (χ4n) is 12.2. The van der Waals surface area contributed by atoms with E-state index in [1.165, 1.54) is 50.1 Å². The first-order valence-electron chi connectivity index (χ1n) is 16.9. The second kappa shape index (κ2) is 9.60. The molecule has 6 rings (SSSR count). The summed E-state index contributed by atoms with van der Waals surface area (Å²) in [7, 11) is -10.7. The third-order valence-electron chi connectivity index (χ3n) is 11.6. The van der Waals surface area contributed by atoms with Gasteiger partial charge in [0.15, 0.2) is 0 Å². The zero-order valence-electron chi connectivity index (χ0n) is 30.8. The molecule has 0 radical (unpaired) electrons. The van der Waals surface area contributed by atoms with Gasteiger partial charge in [0.2, 0.25) is 0 Å². The van der Waals surface area contributed by atoms with Gasteiger partial charge in [-0.3, -0.25) is 0 Å². The Bertz CT molecular complexity index is 1570. The summed E-state index contributed by atoms with van der Waals surface area (Å²) in [5, 5.41) is 0. The van der Waals surface area contributed by atoms with Crippen molar-refractivity contribution in [2.45, 2.75) is 120 Å². The van der Waals surface area contributed by atoms with Crippen LogP contribution in [0.5, 0.6) is 17.2 Å². The van der Waals surface area contributed by atoms with Crippen LogP contribution in [0.1, 0.15) is 50.1 Å². The van der Waals surface area contributed by atoms with Crippen molar-refractivity contribution in [3.63, 3.8) is 0 Å². The molecule has 0 aromatic heterocycles. The summed E-state index contributed by atoms with van der Waals surface area (Å²) in [6.45, 7) is 40.4. The van der Waals surface area contributed by atoms with Gasteiger partial charge in [-0.1, -0.05) is 0 Å². The average Bonchev–Trinajstić information content (AvgIpc) is 2.82. The molecule has 3 aromatic rings. The Morgan fingerprint density at radius 1 is 0.467 bits per heavy atom. The van der Waals surface area contributed by atoms with Gasteiger partial charge in [0.25, 0.3) is 0 Å². The van der Waals surface area contributed by atoms with Crippen molar-refractivity contribution in [1.29, 1.82) is 0 Å². The molecule has 0 bridgehead atoms. The maximum atomic E-state index is 8.37. The van der Waals surface area contributed by atoms with Crippen LogP contribution in [0.15, 0.2) is 36.4 Å². The minimum atomic E-state index is -4.59. The van der Waals surface area contributed by atoms with Crippen LogP contribution in [-0.2, 0) is 19.6 Å². The van der Waals surface area contributed by atoms with Crippen LogP contribution in [0.3, 0.4) is 0 Å². The van der Waals surface area contributed by atoms with E-state index in [4.69, 9.17) is 13.3 Å². The molecule has 0 unspecified atom stereocenters. The van der Waals surface area contributed by atoms with Crippen LogP contribution in [0, 0.1) is 41.5 Å². The van der Waals surface area contributed by atoms with Gasteiger partial charge in [-0.2, -0.15) is 0 Å². The summed E-state index contributed by atoms with van der Waals surface area (Å²) in [5.74, 6) is 3.20. The zero-order valence-corrected chi connectivity index (χ0v) is 35.8. The van der Waals surface area contributed by atoms with Gasteiger partial charge in [-0.25, -0.2) is 0 Å². The van der Waals surface area contributed by atoms with Gasteiger partial charge in [0.05, 0.1) is 0 Å². The fraction of sp³-hybridized carbons (Fsp3) is 0.500. The second-order valence-corrected chi connectivity index (χ2v) is 70.5. The summed E-state index contributed by atoms with van der Waals surface area (Å²) in [6.07, 6.45) is -2.61. The van der Waals surface area contributed by atoms with Crippen molar-refractivity contribution >= 4 is 36.7 Å². The Balaban J connectivity index is 1.93.